The predicted molar refractivity (Wildman–Crippen MR) is 232 cm³/mol. The Morgan fingerprint density at radius 1 is 0.304 bits per heavy atom. The summed E-state index contributed by atoms with van der Waals surface area (Å²) < 4.78 is 4.71. The highest BCUT2D eigenvalue weighted by Gasteiger charge is 2.17. The molecule has 0 bridgehead atoms. The molecule has 0 aliphatic rings. The molecule has 4 heterocycles. The van der Waals surface area contributed by atoms with E-state index in [1.807, 2.05) is 18.3 Å². The number of hydrogen-bond acceptors (Lipinski definition) is 2. The van der Waals surface area contributed by atoms with Gasteiger partial charge < -0.3 is 9.13 Å². The van der Waals surface area contributed by atoms with Crippen LogP contribution in [0.2, 0.25) is 0 Å². The standard InChI is InChI=1S/C52H34N4/c1-4-14-35(15-5-1)40-32-46(36-16-6-2-7-17-36)54-47(33-40)39-18-12-21-42(30-39)56-48-23-11-10-22-43(48)45-31-37(26-28-49(45)56)38-25-27-44-51(34-38)55(41-19-8-3-9-20-41)50-24-13-29-53-52(44)50/h1-34H. The lowest BCUT2D eigenvalue weighted by Crippen LogP contribution is -1.96. The first-order valence-electron chi connectivity index (χ1n) is 19.0. The molecule has 0 aliphatic heterocycles. The van der Waals surface area contributed by atoms with Crippen LogP contribution >= 0.6 is 0 Å². The van der Waals surface area contributed by atoms with Gasteiger partial charge >= 0.3 is 0 Å². The topological polar surface area (TPSA) is 35.6 Å². The normalized spacial score (nSPS) is 11.6. The second-order valence-electron chi connectivity index (χ2n) is 14.3. The van der Waals surface area contributed by atoms with E-state index in [9.17, 15) is 0 Å². The Labute approximate surface area is 324 Å². The second-order valence-corrected chi connectivity index (χ2v) is 14.3. The van der Waals surface area contributed by atoms with Gasteiger partial charge in [-0.1, -0.05) is 121 Å². The molecule has 0 N–H and O–H groups in total. The molecule has 262 valence electrons. The SMILES string of the molecule is c1ccc(-c2cc(-c3ccccc3)nc(-c3cccc(-n4c5ccccc5c5cc(-c6ccc7c8ncccc8n(-c8ccccc8)c7c6)ccc54)c3)c2)cc1. The van der Waals surface area contributed by atoms with Crippen molar-refractivity contribution in [2.75, 3.05) is 0 Å². The fraction of sp³-hybridized carbons (Fsp3) is 0. The number of hydrogen-bond donors (Lipinski definition) is 0. The molecule has 4 nitrogen and oxygen atoms in total. The lowest BCUT2D eigenvalue weighted by atomic mass is 10.00. The summed E-state index contributed by atoms with van der Waals surface area (Å²) in [5.41, 5.74) is 16.5. The number of aromatic nitrogens is 4. The molecular weight excluding hydrogens is 681 g/mol. The van der Waals surface area contributed by atoms with Crippen LogP contribution in [0.1, 0.15) is 0 Å². The molecule has 0 aliphatic carbocycles. The number of para-hydroxylation sites is 2. The summed E-state index contributed by atoms with van der Waals surface area (Å²) in [4.78, 5) is 10.0. The summed E-state index contributed by atoms with van der Waals surface area (Å²) in [6.45, 7) is 0. The van der Waals surface area contributed by atoms with E-state index in [-0.39, 0.29) is 0 Å². The van der Waals surface area contributed by atoms with Gasteiger partial charge in [0.25, 0.3) is 0 Å². The third-order valence-corrected chi connectivity index (χ3v) is 10.9. The van der Waals surface area contributed by atoms with Crippen molar-refractivity contribution in [1.82, 2.24) is 19.1 Å². The van der Waals surface area contributed by atoms with E-state index in [1.165, 1.54) is 27.4 Å². The molecule has 0 saturated heterocycles. The quantitative estimate of drug-likeness (QED) is 0.172. The van der Waals surface area contributed by atoms with Crippen molar-refractivity contribution in [2.45, 2.75) is 0 Å². The molecule has 0 saturated carbocycles. The third-order valence-electron chi connectivity index (χ3n) is 10.9. The second kappa shape index (κ2) is 13.1. The predicted octanol–water partition coefficient (Wildman–Crippen LogP) is 13.3. The van der Waals surface area contributed by atoms with Crippen molar-refractivity contribution in [3.05, 3.63) is 206 Å². The Morgan fingerprint density at radius 2 is 0.911 bits per heavy atom. The molecule has 11 rings (SSSR count). The minimum atomic E-state index is 0.939. The minimum Gasteiger partial charge on any atom is -0.309 e. The average Bonchev–Trinajstić information content (AvgIpc) is 3.79. The van der Waals surface area contributed by atoms with Crippen molar-refractivity contribution < 1.29 is 0 Å². The summed E-state index contributed by atoms with van der Waals surface area (Å²) in [7, 11) is 0. The van der Waals surface area contributed by atoms with Gasteiger partial charge in [0.15, 0.2) is 0 Å². The molecule has 7 aromatic carbocycles. The molecule has 0 spiro atoms. The van der Waals surface area contributed by atoms with Crippen LogP contribution in [-0.4, -0.2) is 19.1 Å². The highest BCUT2D eigenvalue weighted by atomic mass is 15.0. The first kappa shape index (κ1) is 31.9. The van der Waals surface area contributed by atoms with Crippen LogP contribution < -0.4 is 0 Å². The summed E-state index contributed by atoms with van der Waals surface area (Å²) in [6.07, 6.45) is 1.88. The van der Waals surface area contributed by atoms with Crippen LogP contribution in [0.4, 0.5) is 0 Å². The molecule has 0 unspecified atom stereocenters. The van der Waals surface area contributed by atoms with Crippen LogP contribution in [0.25, 0.3) is 99.9 Å². The van der Waals surface area contributed by atoms with E-state index < -0.39 is 0 Å². The number of rotatable bonds is 6. The van der Waals surface area contributed by atoms with Crippen molar-refractivity contribution in [1.29, 1.82) is 0 Å². The van der Waals surface area contributed by atoms with Gasteiger partial charge in [-0.3, -0.25) is 4.98 Å². The zero-order chi connectivity index (χ0) is 37.0. The van der Waals surface area contributed by atoms with Gasteiger partial charge in [0.1, 0.15) is 0 Å². The van der Waals surface area contributed by atoms with Crippen molar-refractivity contribution in [2.24, 2.45) is 0 Å². The Morgan fingerprint density at radius 3 is 1.73 bits per heavy atom. The lowest BCUT2D eigenvalue weighted by Gasteiger charge is -2.13. The van der Waals surface area contributed by atoms with Gasteiger partial charge in [0, 0.05) is 44.9 Å². The molecule has 11 aromatic rings. The summed E-state index contributed by atoms with van der Waals surface area (Å²) >= 11 is 0. The Kier molecular flexibility index (Phi) is 7.46. The van der Waals surface area contributed by atoms with Crippen molar-refractivity contribution in [3.8, 4) is 56.1 Å². The van der Waals surface area contributed by atoms with Crippen LogP contribution in [-0.2, 0) is 0 Å². The smallest absolute Gasteiger partial charge is 0.0963 e. The molecule has 4 aromatic heterocycles. The molecular formula is C52H34N4. The van der Waals surface area contributed by atoms with Crippen LogP contribution in [0.15, 0.2) is 206 Å². The van der Waals surface area contributed by atoms with E-state index in [0.29, 0.717) is 0 Å². The van der Waals surface area contributed by atoms with Gasteiger partial charge in [-0.15, -0.1) is 0 Å². The van der Waals surface area contributed by atoms with E-state index in [4.69, 9.17) is 9.97 Å². The van der Waals surface area contributed by atoms with E-state index >= 15 is 0 Å². The Balaban J connectivity index is 1.06. The van der Waals surface area contributed by atoms with Crippen molar-refractivity contribution >= 4 is 43.7 Å². The molecule has 0 radical (unpaired) electrons. The van der Waals surface area contributed by atoms with Gasteiger partial charge in [0.2, 0.25) is 0 Å². The number of fused-ring (bicyclic) bond motifs is 6. The highest BCUT2D eigenvalue weighted by molar-refractivity contribution is 6.11. The zero-order valence-corrected chi connectivity index (χ0v) is 30.4. The van der Waals surface area contributed by atoms with E-state index in [1.54, 1.807) is 0 Å². The minimum absolute atomic E-state index is 0.939. The first-order chi connectivity index (χ1) is 27.8. The van der Waals surface area contributed by atoms with Gasteiger partial charge in [-0.25, -0.2) is 4.98 Å². The molecule has 56 heavy (non-hydrogen) atoms. The maximum atomic E-state index is 5.24. The fourth-order valence-corrected chi connectivity index (χ4v) is 8.33. The van der Waals surface area contributed by atoms with Gasteiger partial charge in [-0.2, -0.15) is 0 Å². The van der Waals surface area contributed by atoms with E-state index in [2.05, 4.69) is 197 Å². The van der Waals surface area contributed by atoms with Crippen molar-refractivity contribution in [3.63, 3.8) is 0 Å². The first-order valence-corrected chi connectivity index (χ1v) is 19.0. The fourth-order valence-electron chi connectivity index (χ4n) is 8.33. The molecule has 4 heteroatoms. The summed E-state index contributed by atoms with van der Waals surface area (Å²) in [5, 5.41) is 3.57. The van der Waals surface area contributed by atoms with Gasteiger partial charge in [-0.05, 0) is 101 Å². The monoisotopic (exact) mass is 714 g/mol. The molecule has 0 atom stereocenters. The number of pyridine rings is 2. The van der Waals surface area contributed by atoms with Gasteiger partial charge in [0.05, 0.1) is 39.0 Å². The average molecular weight is 715 g/mol. The lowest BCUT2D eigenvalue weighted by molar-refractivity contribution is 1.17. The number of benzene rings is 7. The number of nitrogens with zero attached hydrogens (tertiary/aromatic N) is 4. The molecule has 0 amide bonds. The van der Waals surface area contributed by atoms with Crippen LogP contribution in [0, 0.1) is 0 Å². The maximum Gasteiger partial charge on any atom is 0.0963 e. The summed E-state index contributed by atoms with van der Waals surface area (Å²) in [5.74, 6) is 0. The van der Waals surface area contributed by atoms with Crippen LogP contribution in [0.3, 0.4) is 0 Å². The zero-order valence-electron chi connectivity index (χ0n) is 30.4. The summed E-state index contributed by atoms with van der Waals surface area (Å²) in [6, 6.07) is 71.3. The molecule has 0 fully saturated rings. The van der Waals surface area contributed by atoms with E-state index in [0.717, 1.165) is 72.5 Å². The largest absolute Gasteiger partial charge is 0.309 e. The Hall–Kier alpha value is -7.56. The third kappa shape index (κ3) is 5.31. The maximum absolute atomic E-state index is 5.24. The highest BCUT2D eigenvalue weighted by Crippen LogP contribution is 2.39. The Bertz CT molecular complexity index is 3170. The van der Waals surface area contributed by atoms with Crippen LogP contribution in [0.5, 0.6) is 0 Å².